The Bertz CT molecular complexity index is 956. The van der Waals surface area contributed by atoms with Crippen molar-refractivity contribution >= 4 is 23.4 Å². The quantitative estimate of drug-likeness (QED) is 0.596. The molecule has 0 aliphatic carbocycles. The maximum atomic E-state index is 12.4. The third-order valence-electron chi connectivity index (χ3n) is 4.00. The van der Waals surface area contributed by atoms with Crippen LogP contribution in [0.25, 0.3) is 11.5 Å². The first-order valence-corrected chi connectivity index (χ1v) is 9.48. The third-order valence-corrected chi connectivity index (χ3v) is 4.94. The van der Waals surface area contributed by atoms with Gasteiger partial charge in [0, 0.05) is 11.3 Å². The van der Waals surface area contributed by atoms with Gasteiger partial charge in [0.25, 0.3) is 5.22 Å². The van der Waals surface area contributed by atoms with Crippen molar-refractivity contribution in [2.75, 3.05) is 19.5 Å². The van der Waals surface area contributed by atoms with Gasteiger partial charge in [0.05, 0.1) is 19.5 Å². The highest BCUT2D eigenvalue weighted by molar-refractivity contribution is 8.00. The molecule has 7 nitrogen and oxygen atoms in total. The number of carbonyl (C=O) groups is 1. The van der Waals surface area contributed by atoms with Gasteiger partial charge in [0.1, 0.15) is 0 Å². The highest BCUT2D eigenvalue weighted by Crippen LogP contribution is 2.33. The van der Waals surface area contributed by atoms with E-state index in [1.807, 2.05) is 31.2 Å². The molecule has 0 aliphatic rings. The molecule has 0 unspecified atom stereocenters. The van der Waals surface area contributed by atoms with Crippen LogP contribution in [0.4, 0.5) is 5.69 Å². The lowest BCUT2D eigenvalue weighted by Gasteiger charge is -2.10. The van der Waals surface area contributed by atoms with Crippen molar-refractivity contribution in [2.24, 2.45) is 0 Å². The van der Waals surface area contributed by atoms with Gasteiger partial charge >= 0.3 is 0 Å². The Morgan fingerprint density at radius 1 is 1.07 bits per heavy atom. The fourth-order valence-corrected chi connectivity index (χ4v) is 3.11. The third kappa shape index (κ3) is 4.64. The van der Waals surface area contributed by atoms with Gasteiger partial charge in [-0.15, -0.1) is 10.2 Å². The van der Waals surface area contributed by atoms with Crippen LogP contribution in [0.3, 0.4) is 0 Å². The predicted molar refractivity (Wildman–Crippen MR) is 108 cm³/mol. The molecule has 1 aromatic heterocycles. The molecular weight excluding hydrogens is 378 g/mol. The number of amides is 1. The normalized spacial score (nSPS) is 11.7. The van der Waals surface area contributed by atoms with Gasteiger partial charge in [0.2, 0.25) is 11.8 Å². The van der Waals surface area contributed by atoms with E-state index in [0.29, 0.717) is 28.2 Å². The first-order valence-electron chi connectivity index (χ1n) is 8.60. The van der Waals surface area contributed by atoms with E-state index in [1.165, 1.54) is 11.8 Å². The molecule has 8 heteroatoms. The molecule has 2 aromatic carbocycles. The fourth-order valence-electron chi connectivity index (χ4n) is 2.43. The van der Waals surface area contributed by atoms with Gasteiger partial charge in [-0.05, 0) is 44.2 Å². The van der Waals surface area contributed by atoms with Gasteiger partial charge in [0.15, 0.2) is 11.5 Å². The number of carbonyl (C=O) groups excluding carboxylic acids is 1. The minimum Gasteiger partial charge on any atom is -0.493 e. The number of rotatable bonds is 7. The van der Waals surface area contributed by atoms with Gasteiger partial charge < -0.3 is 19.2 Å². The Kier molecular flexibility index (Phi) is 6.20. The number of thioether (sulfide) groups is 1. The summed E-state index contributed by atoms with van der Waals surface area (Å²) in [6, 6.07) is 13.0. The second-order valence-electron chi connectivity index (χ2n) is 6.06. The van der Waals surface area contributed by atoms with Crippen LogP contribution in [0.15, 0.2) is 52.1 Å². The van der Waals surface area contributed by atoms with E-state index in [0.717, 1.165) is 11.3 Å². The van der Waals surface area contributed by atoms with E-state index in [1.54, 1.807) is 39.3 Å². The molecule has 1 heterocycles. The number of nitrogens with zero attached hydrogens (tertiary/aromatic N) is 2. The van der Waals surface area contributed by atoms with Crippen molar-refractivity contribution < 1.29 is 18.7 Å². The molecule has 0 bridgehead atoms. The largest absolute Gasteiger partial charge is 0.493 e. The monoisotopic (exact) mass is 399 g/mol. The number of anilines is 1. The molecule has 1 atom stereocenters. The molecule has 0 aliphatic heterocycles. The lowest BCUT2D eigenvalue weighted by Crippen LogP contribution is -2.22. The second kappa shape index (κ2) is 8.79. The zero-order chi connectivity index (χ0) is 20.1. The van der Waals surface area contributed by atoms with Gasteiger partial charge in [-0.25, -0.2) is 0 Å². The van der Waals surface area contributed by atoms with Crippen LogP contribution in [-0.2, 0) is 4.79 Å². The first-order chi connectivity index (χ1) is 13.5. The molecule has 3 rings (SSSR count). The minimum absolute atomic E-state index is 0.139. The highest BCUT2D eigenvalue weighted by atomic mass is 32.2. The topological polar surface area (TPSA) is 86.5 Å². The van der Waals surface area contributed by atoms with Crippen LogP contribution in [-0.4, -0.2) is 35.6 Å². The summed E-state index contributed by atoms with van der Waals surface area (Å²) in [7, 11) is 3.13. The Morgan fingerprint density at radius 2 is 1.79 bits per heavy atom. The van der Waals surface area contributed by atoms with Crippen LogP contribution >= 0.6 is 11.8 Å². The molecule has 0 spiro atoms. The van der Waals surface area contributed by atoms with Crippen LogP contribution < -0.4 is 14.8 Å². The van der Waals surface area contributed by atoms with Crippen molar-refractivity contribution in [3.63, 3.8) is 0 Å². The average molecular weight is 399 g/mol. The number of methoxy groups -OCH3 is 2. The van der Waals surface area contributed by atoms with E-state index in [4.69, 9.17) is 13.9 Å². The lowest BCUT2D eigenvalue weighted by molar-refractivity contribution is -0.115. The summed E-state index contributed by atoms with van der Waals surface area (Å²) >= 11 is 1.20. The standard InChI is InChI=1S/C20H21N3O4S/c1-12-5-8-15(9-6-12)21-18(24)13(2)28-20-23-22-19(27-20)14-7-10-16(25-3)17(11-14)26-4/h5-11,13H,1-4H3,(H,21,24)/t13-/m0/s1. The molecule has 0 radical (unpaired) electrons. The first kappa shape index (κ1) is 19.8. The Labute approximate surface area is 167 Å². The molecular formula is C20H21N3O4S. The van der Waals surface area contributed by atoms with Gasteiger partial charge in [-0.2, -0.15) is 0 Å². The minimum atomic E-state index is -0.403. The van der Waals surface area contributed by atoms with E-state index in [9.17, 15) is 4.79 Å². The molecule has 0 fully saturated rings. The van der Waals surface area contributed by atoms with E-state index in [2.05, 4.69) is 15.5 Å². The van der Waals surface area contributed by atoms with E-state index < -0.39 is 5.25 Å². The SMILES string of the molecule is COc1ccc(-c2nnc(S[C@@H](C)C(=O)Nc3ccc(C)cc3)o2)cc1OC. The number of aryl methyl sites for hydroxylation is 1. The fraction of sp³-hybridized carbons (Fsp3) is 0.250. The molecule has 3 aromatic rings. The zero-order valence-corrected chi connectivity index (χ0v) is 16.9. The van der Waals surface area contributed by atoms with E-state index in [-0.39, 0.29) is 5.91 Å². The summed E-state index contributed by atoms with van der Waals surface area (Å²) in [4.78, 5) is 12.4. The van der Waals surface area contributed by atoms with Gasteiger partial charge in [-0.3, -0.25) is 4.79 Å². The van der Waals surface area contributed by atoms with E-state index >= 15 is 0 Å². The maximum absolute atomic E-state index is 12.4. The number of ether oxygens (including phenoxy) is 2. The zero-order valence-electron chi connectivity index (χ0n) is 16.1. The van der Waals surface area contributed by atoms with Crippen molar-refractivity contribution in [2.45, 2.75) is 24.3 Å². The van der Waals surface area contributed by atoms with Crippen LogP contribution in [0, 0.1) is 6.92 Å². The molecule has 28 heavy (non-hydrogen) atoms. The van der Waals surface area contributed by atoms with Crippen molar-refractivity contribution in [1.82, 2.24) is 10.2 Å². The molecule has 146 valence electrons. The number of hydrogen-bond donors (Lipinski definition) is 1. The summed E-state index contributed by atoms with van der Waals surface area (Å²) in [5.41, 5.74) is 2.59. The van der Waals surface area contributed by atoms with Crippen LogP contribution in [0.2, 0.25) is 0 Å². The van der Waals surface area contributed by atoms with Gasteiger partial charge in [-0.1, -0.05) is 29.5 Å². The summed E-state index contributed by atoms with van der Waals surface area (Å²) in [6.45, 7) is 3.78. The number of aromatic nitrogens is 2. The maximum Gasteiger partial charge on any atom is 0.277 e. The second-order valence-corrected chi connectivity index (χ2v) is 7.35. The summed E-state index contributed by atoms with van der Waals surface area (Å²) < 4.78 is 16.2. The lowest BCUT2D eigenvalue weighted by atomic mass is 10.2. The summed E-state index contributed by atoms with van der Waals surface area (Å²) in [5, 5.41) is 10.9. The summed E-state index contributed by atoms with van der Waals surface area (Å²) in [6.07, 6.45) is 0. The van der Waals surface area contributed by atoms with Crippen molar-refractivity contribution in [3.05, 3.63) is 48.0 Å². The molecule has 0 saturated carbocycles. The van der Waals surface area contributed by atoms with Crippen molar-refractivity contribution in [3.8, 4) is 23.0 Å². The van der Waals surface area contributed by atoms with Crippen molar-refractivity contribution in [1.29, 1.82) is 0 Å². The molecule has 1 amide bonds. The average Bonchev–Trinajstić information content (AvgIpc) is 3.17. The van der Waals surface area contributed by atoms with Crippen LogP contribution in [0.1, 0.15) is 12.5 Å². The number of hydrogen-bond acceptors (Lipinski definition) is 7. The number of nitrogens with one attached hydrogen (secondary N) is 1. The highest BCUT2D eigenvalue weighted by Gasteiger charge is 2.19. The Hall–Kier alpha value is -3.00. The summed E-state index contributed by atoms with van der Waals surface area (Å²) in [5.74, 6) is 1.38. The van der Waals surface area contributed by atoms with Crippen LogP contribution in [0.5, 0.6) is 11.5 Å². The number of benzene rings is 2. The molecule has 1 N–H and O–H groups in total. The Morgan fingerprint density at radius 3 is 2.46 bits per heavy atom. The Balaban J connectivity index is 1.66. The smallest absolute Gasteiger partial charge is 0.277 e. The predicted octanol–water partition coefficient (Wildman–Crippen LogP) is 4.18. The molecule has 0 saturated heterocycles.